The van der Waals surface area contributed by atoms with Crippen molar-refractivity contribution >= 4 is 23.6 Å². The highest BCUT2D eigenvalue weighted by Gasteiger charge is 2.25. The van der Waals surface area contributed by atoms with Gasteiger partial charge < -0.3 is 29.2 Å². The molecule has 1 aliphatic rings. The summed E-state index contributed by atoms with van der Waals surface area (Å²) in [5.41, 5.74) is -0.0979. The monoisotopic (exact) mass is 471 g/mol. The van der Waals surface area contributed by atoms with Gasteiger partial charge in [0.1, 0.15) is 11.4 Å². The van der Waals surface area contributed by atoms with Gasteiger partial charge in [0, 0.05) is 18.7 Å². The summed E-state index contributed by atoms with van der Waals surface area (Å²) in [6, 6.07) is 8.89. The van der Waals surface area contributed by atoms with Crippen LogP contribution in [0.4, 0.5) is 5.69 Å². The van der Waals surface area contributed by atoms with E-state index in [-0.39, 0.29) is 34.0 Å². The van der Waals surface area contributed by atoms with E-state index in [1.54, 1.807) is 24.3 Å². The fraction of sp³-hybridized carbons (Fsp3) is 0.304. The number of hydrogen-bond acceptors (Lipinski definition) is 8. The summed E-state index contributed by atoms with van der Waals surface area (Å²) in [5.74, 6) is -0.0841. The second-order valence-corrected chi connectivity index (χ2v) is 7.17. The number of methoxy groups -OCH3 is 3. The maximum Gasteiger partial charge on any atom is 0.280 e. The molecule has 0 saturated carbocycles. The molecule has 0 bridgehead atoms. The third-order valence-electron chi connectivity index (χ3n) is 5.16. The normalized spacial score (nSPS) is 13.7. The Balaban J connectivity index is 2.04. The summed E-state index contributed by atoms with van der Waals surface area (Å²) in [6.07, 6.45) is 1.26. The fourth-order valence-corrected chi connectivity index (χ4v) is 3.34. The number of nitro groups is 1. The van der Waals surface area contributed by atoms with Crippen molar-refractivity contribution in [2.45, 2.75) is 0 Å². The standard InChI is InChI=1S/C23H25N3O8/c1-31-17-6-4-15(5-7-17)22(27)24-18(23(28)25-8-10-34-11-9-25)12-16-13-20(32-2)21(33-3)14-19(16)26(29)30/h4-7,12-14H,8-11H2,1-3H3,(H,24,27). The molecule has 0 atom stereocenters. The van der Waals surface area contributed by atoms with Crippen LogP contribution in [0.15, 0.2) is 42.1 Å². The first-order chi connectivity index (χ1) is 16.4. The van der Waals surface area contributed by atoms with Crippen LogP contribution in [0.3, 0.4) is 0 Å². The third-order valence-corrected chi connectivity index (χ3v) is 5.16. The molecule has 34 heavy (non-hydrogen) atoms. The Hall–Kier alpha value is -4.12. The van der Waals surface area contributed by atoms with Crippen molar-refractivity contribution in [3.05, 3.63) is 63.3 Å². The molecule has 2 aromatic carbocycles. The van der Waals surface area contributed by atoms with Gasteiger partial charge in [-0.1, -0.05) is 0 Å². The van der Waals surface area contributed by atoms with E-state index in [1.807, 2.05) is 0 Å². The smallest absolute Gasteiger partial charge is 0.280 e. The van der Waals surface area contributed by atoms with Gasteiger partial charge in [0.2, 0.25) is 0 Å². The van der Waals surface area contributed by atoms with Crippen LogP contribution in [-0.4, -0.2) is 69.3 Å². The molecule has 1 fully saturated rings. The lowest BCUT2D eigenvalue weighted by Crippen LogP contribution is -2.44. The molecule has 1 heterocycles. The topological polar surface area (TPSA) is 129 Å². The largest absolute Gasteiger partial charge is 0.497 e. The third kappa shape index (κ3) is 5.62. The number of benzene rings is 2. The van der Waals surface area contributed by atoms with Crippen LogP contribution in [0.1, 0.15) is 15.9 Å². The minimum absolute atomic E-state index is 0.0642. The zero-order valence-corrected chi connectivity index (χ0v) is 19.0. The van der Waals surface area contributed by atoms with Gasteiger partial charge in [-0.05, 0) is 36.4 Å². The second kappa shape index (κ2) is 11.1. The number of nitro benzene ring substituents is 1. The van der Waals surface area contributed by atoms with Crippen LogP contribution in [0, 0.1) is 10.1 Å². The van der Waals surface area contributed by atoms with E-state index in [4.69, 9.17) is 18.9 Å². The zero-order valence-electron chi connectivity index (χ0n) is 19.0. The van der Waals surface area contributed by atoms with Crippen LogP contribution >= 0.6 is 0 Å². The number of carbonyl (C=O) groups excluding carboxylic acids is 2. The first-order valence-corrected chi connectivity index (χ1v) is 10.3. The van der Waals surface area contributed by atoms with Crippen LogP contribution in [0.2, 0.25) is 0 Å². The Morgan fingerprint density at radius 1 is 1.03 bits per heavy atom. The number of morpholine rings is 1. The molecule has 1 N–H and O–H groups in total. The molecular formula is C23H25N3O8. The summed E-state index contributed by atoms with van der Waals surface area (Å²) >= 11 is 0. The molecule has 2 amide bonds. The van der Waals surface area contributed by atoms with E-state index >= 15 is 0 Å². The average Bonchev–Trinajstić information content (AvgIpc) is 2.87. The van der Waals surface area contributed by atoms with Crippen molar-refractivity contribution < 1.29 is 33.5 Å². The fourth-order valence-electron chi connectivity index (χ4n) is 3.34. The molecule has 0 radical (unpaired) electrons. The lowest BCUT2D eigenvalue weighted by atomic mass is 10.1. The summed E-state index contributed by atoms with van der Waals surface area (Å²) in [6.45, 7) is 1.34. The van der Waals surface area contributed by atoms with Crippen molar-refractivity contribution in [3.8, 4) is 17.2 Å². The van der Waals surface area contributed by atoms with Gasteiger partial charge in [0.05, 0.1) is 51.1 Å². The van der Waals surface area contributed by atoms with Gasteiger partial charge in [-0.2, -0.15) is 0 Å². The Bertz CT molecular complexity index is 1090. The van der Waals surface area contributed by atoms with Crippen molar-refractivity contribution in [1.29, 1.82) is 0 Å². The minimum atomic E-state index is -0.601. The number of amides is 2. The summed E-state index contributed by atoms with van der Waals surface area (Å²) in [7, 11) is 4.26. The maximum atomic E-state index is 13.3. The average molecular weight is 471 g/mol. The molecule has 1 saturated heterocycles. The molecule has 0 aliphatic carbocycles. The minimum Gasteiger partial charge on any atom is -0.497 e. The van der Waals surface area contributed by atoms with Gasteiger partial charge >= 0.3 is 0 Å². The van der Waals surface area contributed by atoms with Gasteiger partial charge in [0.25, 0.3) is 17.5 Å². The second-order valence-electron chi connectivity index (χ2n) is 7.17. The predicted molar refractivity (Wildman–Crippen MR) is 122 cm³/mol. The van der Waals surface area contributed by atoms with Crippen LogP contribution < -0.4 is 19.5 Å². The highest BCUT2D eigenvalue weighted by atomic mass is 16.6. The molecule has 0 unspecified atom stereocenters. The molecule has 2 aromatic rings. The first kappa shape index (κ1) is 24.5. The van der Waals surface area contributed by atoms with Crippen molar-refractivity contribution in [2.75, 3.05) is 47.6 Å². The molecular weight excluding hydrogens is 446 g/mol. The molecule has 3 rings (SSSR count). The molecule has 1 aliphatic heterocycles. The van der Waals surface area contributed by atoms with Gasteiger partial charge in [-0.15, -0.1) is 0 Å². The van der Waals surface area contributed by atoms with E-state index in [1.165, 1.54) is 44.4 Å². The molecule has 180 valence electrons. The first-order valence-electron chi connectivity index (χ1n) is 10.3. The van der Waals surface area contributed by atoms with Crippen molar-refractivity contribution in [1.82, 2.24) is 10.2 Å². The van der Waals surface area contributed by atoms with Crippen molar-refractivity contribution in [2.24, 2.45) is 0 Å². The molecule has 0 spiro atoms. The van der Waals surface area contributed by atoms with E-state index in [0.717, 1.165) is 0 Å². The Labute approximate surface area is 196 Å². The van der Waals surface area contributed by atoms with Crippen LogP contribution in [-0.2, 0) is 9.53 Å². The number of nitrogens with zero attached hydrogens (tertiary/aromatic N) is 2. The Kier molecular flexibility index (Phi) is 8.04. The lowest BCUT2D eigenvalue weighted by molar-refractivity contribution is -0.385. The number of nitrogens with one attached hydrogen (secondary N) is 1. The number of ether oxygens (including phenoxy) is 4. The van der Waals surface area contributed by atoms with Gasteiger partial charge in [-0.3, -0.25) is 19.7 Å². The summed E-state index contributed by atoms with van der Waals surface area (Å²) < 4.78 is 20.8. The van der Waals surface area contributed by atoms with E-state index in [2.05, 4.69) is 5.32 Å². The van der Waals surface area contributed by atoms with E-state index in [0.29, 0.717) is 32.1 Å². The van der Waals surface area contributed by atoms with Crippen LogP contribution in [0.25, 0.3) is 6.08 Å². The molecule has 11 nitrogen and oxygen atoms in total. The maximum absolute atomic E-state index is 13.3. The van der Waals surface area contributed by atoms with Gasteiger partial charge in [0.15, 0.2) is 11.5 Å². The number of hydrogen-bond donors (Lipinski definition) is 1. The highest BCUT2D eigenvalue weighted by molar-refractivity contribution is 6.05. The zero-order chi connectivity index (χ0) is 24.7. The van der Waals surface area contributed by atoms with Crippen molar-refractivity contribution in [3.63, 3.8) is 0 Å². The van der Waals surface area contributed by atoms with Gasteiger partial charge in [-0.25, -0.2) is 0 Å². The Morgan fingerprint density at radius 3 is 2.21 bits per heavy atom. The summed E-state index contributed by atoms with van der Waals surface area (Å²) in [4.78, 5) is 38.8. The quantitative estimate of drug-likeness (QED) is 0.353. The lowest BCUT2D eigenvalue weighted by Gasteiger charge is -2.27. The number of carbonyl (C=O) groups is 2. The van der Waals surface area contributed by atoms with E-state index in [9.17, 15) is 19.7 Å². The Morgan fingerprint density at radius 2 is 1.65 bits per heavy atom. The molecule has 0 aromatic heterocycles. The SMILES string of the molecule is COc1ccc(C(=O)NC(=Cc2cc(OC)c(OC)cc2[N+](=O)[O-])C(=O)N2CCOCC2)cc1. The number of rotatable bonds is 8. The summed E-state index contributed by atoms with van der Waals surface area (Å²) in [5, 5.41) is 14.3. The van der Waals surface area contributed by atoms with Crippen LogP contribution in [0.5, 0.6) is 17.2 Å². The van der Waals surface area contributed by atoms with E-state index < -0.39 is 16.7 Å². The predicted octanol–water partition coefficient (Wildman–Crippen LogP) is 2.25. The highest BCUT2D eigenvalue weighted by Crippen LogP contribution is 2.35. The molecule has 11 heteroatoms.